The van der Waals surface area contributed by atoms with Crippen molar-refractivity contribution in [1.82, 2.24) is 21.1 Å². The molecule has 1 aliphatic heterocycles. The highest BCUT2D eigenvalue weighted by atomic mass is 16.5. The third kappa shape index (κ3) is 4.95. The van der Waals surface area contributed by atoms with E-state index in [1.54, 1.807) is 6.07 Å². The number of ether oxygens (including phenoxy) is 2. The second-order valence-electron chi connectivity index (χ2n) is 8.62. The maximum absolute atomic E-state index is 12.8. The van der Waals surface area contributed by atoms with E-state index in [-0.39, 0.29) is 17.6 Å². The number of hydrazine groups is 1. The van der Waals surface area contributed by atoms with Crippen LogP contribution in [0, 0.1) is 5.92 Å². The summed E-state index contributed by atoms with van der Waals surface area (Å²) >= 11 is 0. The zero-order valence-electron chi connectivity index (χ0n) is 18.8. The van der Waals surface area contributed by atoms with E-state index in [0.717, 1.165) is 17.7 Å². The largest absolute Gasteiger partial charge is 0.493 e. The predicted octanol–water partition coefficient (Wildman–Crippen LogP) is 1.74. The number of hydrogen-bond acceptors (Lipinski definition) is 6. The van der Waals surface area contributed by atoms with E-state index in [2.05, 4.69) is 23.1 Å². The minimum absolute atomic E-state index is 0.0653. The normalized spacial score (nSPS) is 22.7. The zero-order chi connectivity index (χ0) is 23.5. The quantitative estimate of drug-likeness (QED) is 0.451. The second kappa shape index (κ2) is 9.46. The molecule has 10 heteroatoms. The van der Waals surface area contributed by atoms with Gasteiger partial charge in [0.05, 0.1) is 13.2 Å². The fraction of sp³-hybridized carbons (Fsp3) is 0.545. The monoisotopic (exact) mass is 446 g/mol. The molecule has 0 radical (unpaired) electrons. The highest BCUT2D eigenvalue weighted by Gasteiger charge is 2.52. The Hall–Kier alpha value is -3.30. The van der Waals surface area contributed by atoms with Crippen molar-refractivity contribution in [2.24, 2.45) is 5.92 Å². The van der Waals surface area contributed by atoms with Gasteiger partial charge in [0, 0.05) is 5.56 Å². The van der Waals surface area contributed by atoms with E-state index in [1.807, 2.05) is 13.8 Å². The fourth-order valence-electron chi connectivity index (χ4n) is 3.96. The number of carbonyl (C=O) groups is 4. The van der Waals surface area contributed by atoms with Crippen LogP contribution in [0.4, 0.5) is 4.79 Å². The molecule has 1 spiro atoms. The topological polar surface area (TPSA) is 126 Å². The average molecular weight is 447 g/mol. The molecule has 1 aromatic carbocycles. The number of nitrogens with one attached hydrogen (secondary N) is 3. The number of nitrogens with zero attached hydrogens (tertiary/aromatic N) is 1. The van der Waals surface area contributed by atoms with E-state index in [4.69, 9.17) is 9.47 Å². The minimum atomic E-state index is -0.913. The number of urea groups is 1. The third-order valence-corrected chi connectivity index (χ3v) is 5.78. The molecule has 3 rings (SSSR count). The number of benzene rings is 1. The molecule has 1 aromatic rings. The lowest BCUT2D eigenvalue weighted by molar-refractivity contribution is -0.136. The van der Waals surface area contributed by atoms with Crippen LogP contribution in [0.3, 0.4) is 0 Å². The van der Waals surface area contributed by atoms with Crippen molar-refractivity contribution >= 4 is 23.8 Å². The summed E-state index contributed by atoms with van der Waals surface area (Å²) in [6, 6.07) is 4.04. The van der Waals surface area contributed by atoms with Crippen molar-refractivity contribution in [3.05, 3.63) is 23.8 Å². The van der Waals surface area contributed by atoms with E-state index in [0.29, 0.717) is 30.3 Å². The van der Waals surface area contributed by atoms with Crippen LogP contribution in [-0.2, 0) is 9.59 Å². The Balaban J connectivity index is 1.56. The Morgan fingerprint density at radius 3 is 2.50 bits per heavy atom. The molecular weight excluding hydrogens is 416 g/mol. The van der Waals surface area contributed by atoms with Crippen molar-refractivity contribution in [3.63, 3.8) is 0 Å². The molecule has 1 saturated carbocycles. The van der Waals surface area contributed by atoms with Crippen LogP contribution < -0.4 is 25.6 Å². The van der Waals surface area contributed by atoms with Gasteiger partial charge in [-0.05, 0) is 63.6 Å². The van der Waals surface area contributed by atoms with E-state index in [9.17, 15) is 19.2 Å². The van der Waals surface area contributed by atoms with Gasteiger partial charge in [-0.25, -0.2) is 4.79 Å². The maximum Gasteiger partial charge on any atom is 0.325 e. The number of rotatable bonds is 6. The van der Waals surface area contributed by atoms with Gasteiger partial charge < -0.3 is 14.8 Å². The molecule has 5 amide bonds. The van der Waals surface area contributed by atoms with Gasteiger partial charge in [-0.3, -0.25) is 30.1 Å². The standard InChI is InChI=1S/C22H30N4O6/c1-13(2)32-16-6-5-15(11-17(16)31-4)19(28)25-24-18(27)12-26-20(29)22(23-21(26)30)9-7-14(3)8-10-22/h5-6,11,13-14H,7-10,12H2,1-4H3,(H,23,30)(H,24,27)(H,25,28). The molecule has 2 aliphatic rings. The number of hydrogen-bond donors (Lipinski definition) is 3. The summed E-state index contributed by atoms with van der Waals surface area (Å²) in [4.78, 5) is 50.7. The fourth-order valence-corrected chi connectivity index (χ4v) is 3.96. The van der Waals surface area contributed by atoms with E-state index < -0.39 is 29.9 Å². The first-order chi connectivity index (χ1) is 15.1. The summed E-state index contributed by atoms with van der Waals surface area (Å²) in [5.41, 5.74) is 3.86. The van der Waals surface area contributed by atoms with Crippen LogP contribution in [0.5, 0.6) is 11.5 Å². The van der Waals surface area contributed by atoms with Crippen molar-refractivity contribution in [2.45, 2.75) is 58.1 Å². The van der Waals surface area contributed by atoms with Crippen LogP contribution in [0.1, 0.15) is 56.8 Å². The van der Waals surface area contributed by atoms with Crippen LogP contribution in [-0.4, -0.2) is 54.0 Å². The first-order valence-electron chi connectivity index (χ1n) is 10.7. The predicted molar refractivity (Wildman–Crippen MR) is 115 cm³/mol. The lowest BCUT2D eigenvalue weighted by Crippen LogP contribution is -2.50. The smallest absolute Gasteiger partial charge is 0.325 e. The summed E-state index contributed by atoms with van der Waals surface area (Å²) < 4.78 is 10.9. The van der Waals surface area contributed by atoms with Crippen molar-refractivity contribution in [2.75, 3.05) is 13.7 Å². The Morgan fingerprint density at radius 1 is 1.19 bits per heavy atom. The van der Waals surface area contributed by atoms with Gasteiger partial charge in [-0.15, -0.1) is 0 Å². The number of amides is 5. The molecule has 0 unspecified atom stereocenters. The molecule has 1 aliphatic carbocycles. The zero-order valence-corrected chi connectivity index (χ0v) is 18.8. The molecule has 0 bridgehead atoms. The van der Waals surface area contributed by atoms with Crippen molar-refractivity contribution < 1.29 is 28.7 Å². The molecule has 0 atom stereocenters. The van der Waals surface area contributed by atoms with Gasteiger partial charge in [0.15, 0.2) is 11.5 Å². The molecule has 2 fully saturated rings. The lowest BCUT2D eigenvalue weighted by atomic mass is 9.77. The molecule has 1 saturated heterocycles. The van der Waals surface area contributed by atoms with Crippen LogP contribution in [0.15, 0.2) is 18.2 Å². The van der Waals surface area contributed by atoms with Gasteiger partial charge in [-0.2, -0.15) is 0 Å². The Labute approximate surface area is 187 Å². The number of methoxy groups -OCH3 is 1. The lowest BCUT2D eigenvalue weighted by Gasteiger charge is -2.33. The van der Waals surface area contributed by atoms with Crippen LogP contribution in [0.25, 0.3) is 0 Å². The Bertz CT molecular complexity index is 908. The molecule has 3 N–H and O–H groups in total. The molecule has 174 valence electrons. The minimum Gasteiger partial charge on any atom is -0.493 e. The molecule has 1 heterocycles. The van der Waals surface area contributed by atoms with Crippen LogP contribution >= 0.6 is 0 Å². The molecule has 32 heavy (non-hydrogen) atoms. The summed E-state index contributed by atoms with van der Waals surface area (Å²) in [7, 11) is 1.46. The first kappa shape index (κ1) is 23.4. The summed E-state index contributed by atoms with van der Waals surface area (Å²) in [6.07, 6.45) is 2.74. The van der Waals surface area contributed by atoms with Gasteiger partial charge in [0.2, 0.25) is 0 Å². The summed E-state index contributed by atoms with van der Waals surface area (Å²) in [6.45, 7) is 5.38. The van der Waals surface area contributed by atoms with E-state index in [1.165, 1.54) is 19.2 Å². The molecule has 10 nitrogen and oxygen atoms in total. The molecule has 0 aromatic heterocycles. The SMILES string of the molecule is COc1cc(C(=O)NNC(=O)CN2C(=O)NC3(CCC(C)CC3)C2=O)ccc1OC(C)C. The summed E-state index contributed by atoms with van der Waals surface area (Å²) in [5.74, 6) is -0.279. The number of imide groups is 1. The van der Waals surface area contributed by atoms with Gasteiger partial charge in [-0.1, -0.05) is 6.92 Å². The molecular formula is C22H30N4O6. The highest BCUT2D eigenvalue weighted by Crippen LogP contribution is 2.36. The third-order valence-electron chi connectivity index (χ3n) is 5.78. The maximum atomic E-state index is 12.8. The second-order valence-corrected chi connectivity index (χ2v) is 8.62. The average Bonchev–Trinajstić information content (AvgIpc) is 2.98. The highest BCUT2D eigenvalue weighted by molar-refractivity contribution is 6.09. The van der Waals surface area contributed by atoms with Gasteiger partial charge in [0.1, 0.15) is 12.1 Å². The van der Waals surface area contributed by atoms with Crippen molar-refractivity contribution in [3.8, 4) is 11.5 Å². The Morgan fingerprint density at radius 2 is 1.88 bits per heavy atom. The summed E-state index contributed by atoms with van der Waals surface area (Å²) in [5, 5.41) is 2.76. The van der Waals surface area contributed by atoms with E-state index >= 15 is 0 Å². The number of carbonyl (C=O) groups excluding carboxylic acids is 4. The van der Waals surface area contributed by atoms with Crippen molar-refractivity contribution in [1.29, 1.82) is 0 Å². The van der Waals surface area contributed by atoms with Crippen LogP contribution in [0.2, 0.25) is 0 Å². The first-order valence-corrected chi connectivity index (χ1v) is 10.7. The van der Waals surface area contributed by atoms with Gasteiger partial charge >= 0.3 is 6.03 Å². The Kier molecular flexibility index (Phi) is 6.90. The van der Waals surface area contributed by atoms with Gasteiger partial charge in [0.25, 0.3) is 17.7 Å².